The van der Waals surface area contributed by atoms with Crippen molar-refractivity contribution in [3.63, 3.8) is 0 Å². The Morgan fingerprint density at radius 2 is 2.44 bits per heavy atom. The summed E-state index contributed by atoms with van der Waals surface area (Å²) in [6.45, 7) is 0. The summed E-state index contributed by atoms with van der Waals surface area (Å²) < 4.78 is 0. The van der Waals surface area contributed by atoms with E-state index in [2.05, 4.69) is 4.98 Å². The monoisotopic (exact) mass is 140 g/mol. The predicted molar refractivity (Wildman–Crippen MR) is 39.2 cm³/mol. The quantitative estimate of drug-likeness (QED) is 0.449. The van der Waals surface area contributed by atoms with Crippen LogP contribution in [0.1, 0.15) is 0 Å². The zero-order valence-electron chi connectivity index (χ0n) is 4.65. The number of thiol groups is 1. The molecule has 0 aliphatic carbocycles. The molecule has 0 saturated heterocycles. The summed E-state index contributed by atoms with van der Waals surface area (Å²) in [5.41, 5.74) is 0. The molecule has 0 aromatic carbocycles. The molecule has 0 aliphatic rings. The van der Waals surface area contributed by atoms with Crippen LogP contribution in [-0.4, -0.2) is 16.0 Å². The van der Waals surface area contributed by atoms with Gasteiger partial charge in [-0.15, -0.1) is 11.4 Å². The summed E-state index contributed by atoms with van der Waals surface area (Å²) in [5.74, 6) is 5.35. The molecule has 1 radical (unpaired) electrons. The van der Waals surface area contributed by atoms with Gasteiger partial charge in [0.15, 0.2) is 0 Å². The summed E-state index contributed by atoms with van der Waals surface area (Å²) in [5, 5.41) is 9.47. The van der Waals surface area contributed by atoms with Crippen LogP contribution in [0.3, 0.4) is 0 Å². The lowest BCUT2D eigenvalue weighted by molar-refractivity contribution is 0.457. The first-order valence-electron chi connectivity index (χ1n) is 2.39. The van der Waals surface area contributed by atoms with Crippen molar-refractivity contribution < 1.29 is 5.11 Å². The minimum Gasteiger partial charge on any atom is -0.505 e. The maximum Gasteiger partial charge on any atom is 0.147 e. The Kier molecular flexibility index (Phi) is 1.85. The molecule has 9 heavy (non-hydrogen) atoms. The zero-order chi connectivity index (χ0) is 6.69. The fourth-order valence-electron chi connectivity index (χ4n) is 0.488. The van der Waals surface area contributed by atoms with E-state index in [0.29, 0.717) is 16.4 Å². The van der Waals surface area contributed by atoms with Crippen LogP contribution in [0.2, 0.25) is 0 Å². The Hall–Kier alpha value is -0.830. The van der Waals surface area contributed by atoms with Crippen LogP contribution >= 0.6 is 11.4 Å². The topological polar surface area (TPSA) is 33.1 Å². The standard InChI is InChI=1S/C6H6NOS/c1-9-6-5(8)3-2-4-7-6/h1-4,8-9H. The van der Waals surface area contributed by atoms with E-state index in [1.807, 2.05) is 0 Å². The molecule has 0 bridgehead atoms. The number of pyridine rings is 1. The first-order chi connectivity index (χ1) is 4.34. The smallest absolute Gasteiger partial charge is 0.147 e. The van der Waals surface area contributed by atoms with Gasteiger partial charge in [0.1, 0.15) is 10.8 Å². The van der Waals surface area contributed by atoms with Gasteiger partial charge in [-0.25, -0.2) is 4.98 Å². The molecular formula is C6H6NOS. The maximum absolute atomic E-state index is 8.96. The van der Waals surface area contributed by atoms with E-state index >= 15 is 0 Å². The van der Waals surface area contributed by atoms with E-state index < -0.39 is 0 Å². The Bertz CT molecular complexity index is 224. The first kappa shape index (κ1) is 6.29. The largest absolute Gasteiger partial charge is 0.505 e. The number of nitrogens with zero attached hydrogens (tertiary/aromatic N) is 1. The van der Waals surface area contributed by atoms with E-state index in [4.69, 9.17) is 11.0 Å². The van der Waals surface area contributed by atoms with Crippen LogP contribution in [0.4, 0.5) is 0 Å². The summed E-state index contributed by atoms with van der Waals surface area (Å²) in [6, 6.07) is 3.21. The fraction of sp³-hybridized carbons (Fsp3) is 0. The van der Waals surface area contributed by atoms with Crippen LogP contribution in [0.5, 0.6) is 5.75 Å². The third-order valence-electron chi connectivity index (χ3n) is 0.888. The van der Waals surface area contributed by atoms with Crippen molar-refractivity contribution >= 4 is 17.2 Å². The van der Waals surface area contributed by atoms with Gasteiger partial charge in [0.05, 0.1) is 0 Å². The number of hydrogen-bond donors (Lipinski definition) is 2. The molecule has 1 aromatic rings. The van der Waals surface area contributed by atoms with Gasteiger partial charge in [-0.05, 0) is 18.0 Å². The lowest BCUT2D eigenvalue weighted by Crippen LogP contribution is -1.73. The molecule has 2 nitrogen and oxygen atoms in total. The van der Waals surface area contributed by atoms with Crippen LogP contribution < -0.4 is 0 Å². The van der Waals surface area contributed by atoms with E-state index in [1.165, 1.54) is 0 Å². The highest BCUT2D eigenvalue weighted by Gasteiger charge is 1.91. The fourth-order valence-corrected chi connectivity index (χ4v) is 0.828. The lowest BCUT2D eigenvalue weighted by atomic mass is 10.5. The summed E-state index contributed by atoms with van der Waals surface area (Å²) in [6.07, 6.45) is 1.59. The van der Waals surface area contributed by atoms with Gasteiger partial charge in [-0.3, -0.25) is 0 Å². The second kappa shape index (κ2) is 2.64. The highest BCUT2D eigenvalue weighted by Crippen LogP contribution is 2.17. The molecule has 3 heteroatoms. The third-order valence-corrected chi connectivity index (χ3v) is 1.48. The second-order valence-electron chi connectivity index (χ2n) is 1.48. The number of rotatable bonds is 1. The van der Waals surface area contributed by atoms with E-state index in [9.17, 15) is 0 Å². The van der Waals surface area contributed by atoms with Crippen molar-refractivity contribution in [1.82, 2.24) is 4.98 Å². The normalized spacial score (nSPS) is 9.33. The molecule has 1 N–H and O–H groups in total. The minimum absolute atomic E-state index is 0.154. The molecule has 0 aliphatic heterocycles. The highest BCUT2D eigenvalue weighted by molar-refractivity contribution is 7.96. The molecular weight excluding hydrogens is 134 g/mol. The van der Waals surface area contributed by atoms with Gasteiger partial charge < -0.3 is 5.11 Å². The molecule has 1 rings (SSSR count). The molecule has 0 atom stereocenters. The third kappa shape index (κ3) is 1.29. The average Bonchev–Trinajstić information content (AvgIpc) is 1.89. The van der Waals surface area contributed by atoms with Gasteiger partial charge in [-0.2, -0.15) is 0 Å². The van der Waals surface area contributed by atoms with E-state index in [1.54, 1.807) is 18.3 Å². The number of aromatic nitrogens is 1. The molecule has 0 unspecified atom stereocenters. The van der Waals surface area contributed by atoms with Gasteiger partial charge >= 0.3 is 0 Å². The van der Waals surface area contributed by atoms with Gasteiger partial charge in [0.25, 0.3) is 0 Å². The molecule has 1 heterocycles. The van der Waals surface area contributed by atoms with Crippen molar-refractivity contribution in [2.24, 2.45) is 0 Å². The van der Waals surface area contributed by atoms with Crippen molar-refractivity contribution in [1.29, 1.82) is 0 Å². The van der Waals surface area contributed by atoms with Crippen molar-refractivity contribution in [2.75, 3.05) is 0 Å². The van der Waals surface area contributed by atoms with Crippen LogP contribution in [0, 0.1) is 0 Å². The van der Waals surface area contributed by atoms with Crippen LogP contribution in [0.15, 0.2) is 23.4 Å². The minimum atomic E-state index is 0.154. The molecule has 0 amide bonds. The Balaban J connectivity index is 3.15. The average molecular weight is 140 g/mol. The summed E-state index contributed by atoms with van der Waals surface area (Å²) in [4.78, 5) is 3.81. The van der Waals surface area contributed by atoms with E-state index in [-0.39, 0.29) is 5.75 Å². The number of aromatic hydroxyl groups is 1. The van der Waals surface area contributed by atoms with Crippen LogP contribution in [-0.2, 0) is 0 Å². The highest BCUT2D eigenvalue weighted by atomic mass is 32.1. The van der Waals surface area contributed by atoms with Gasteiger partial charge in [0.2, 0.25) is 0 Å². The molecule has 0 saturated carbocycles. The first-order valence-corrected chi connectivity index (χ1v) is 3.36. The molecule has 47 valence electrons. The Labute approximate surface area is 57.1 Å². The van der Waals surface area contributed by atoms with E-state index in [0.717, 1.165) is 0 Å². The van der Waals surface area contributed by atoms with Crippen LogP contribution in [0.25, 0.3) is 0 Å². The summed E-state index contributed by atoms with van der Waals surface area (Å²) >= 11 is 0.501. The SMILES string of the molecule is [CH]=[SH]c1ncccc1O. The maximum atomic E-state index is 8.96. The Morgan fingerprint density at radius 3 is 2.89 bits per heavy atom. The molecule has 0 fully saturated rings. The second-order valence-corrected chi connectivity index (χ2v) is 2.16. The number of hydrogen-bond acceptors (Lipinski definition) is 2. The van der Waals surface area contributed by atoms with Crippen molar-refractivity contribution in [3.05, 3.63) is 18.3 Å². The Morgan fingerprint density at radius 1 is 1.67 bits per heavy atom. The predicted octanol–water partition coefficient (Wildman–Crippen LogP) is 0.921. The van der Waals surface area contributed by atoms with Gasteiger partial charge in [0, 0.05) is 6.20 Å². The van der Waals surface area contributed by atoms with Crippen molar-refractivity contribution in [3.8, 4) is 5.75 Å². The lowest BCUT2D eigenvalue weighted by Gasteiger charge is -1.92. The summed E-state index contributed by atoms with van der Waals surface area (Å²) in [7, 11) is 0. The molecule has 1 aromatic heterocycles. The molecule has 0 spiro atoms. The zero-order valence-corrected chi connectivity index (χ0v) is 5.55. The van der Waals surface area contributed by atoms with Gasteiger partial charge in [-0.1, -0.05) is 0 Å². The van der Waals surface area contributed by atoms with Crippen molar-refractivity contribution in [2.45, 2.75) is 5.03 Å².